The van der Waals surface area contributed by atoms with E-state index in [2.05, 4.69) is 21.7 Å². The van der Waals surface area contributed by atoms with Crippen molar-refractivity contribution in [2.45, 2.75) is 6.92 Å². The van der Waals surface area contributed by atoms with Crippen LogP contribution in [0.5, 0.6) is 5.75 Å². The lowest BCUT2D eigenvalue weighted by molar-refractivity contribution is -0.114. The zero-order chi connectivity index (χ0) is 16.1. The molecule has 118 valence electrons. The Bertz CT molecular complexity index is 783. The first kappa shape index (κ1) is 15.3. The van der Waals surface area contributed by atoms with Gasteiger partial charge in [0.05, 0.1) is 16.8 Å². The summed E-state index contributed by atoms with van der Waals surface area (Å²) >= 11 is 1.63. The second-order valence-electron chi connectivity index (χ2n) is 4.97. The first-order chi connectivity index (χ1) is 11.2. The third-order valence-corrected chi connectivity index (χ3v) is 4.09. The Hall–Kier alpha value is -2.60. The fourth-order valence-corrected chi connectivity index (χ4v) is 3.03. The molecule has 6 heteroatoms. The predicted molar refractivity (Wildman–Crippen MR) is 94.4 cm³/mol. The van der Waals surface area contributed by atoms with Crippen molar-refractivity contribution < 1.29 is 9.53 Å². The Balaban J connectivity index is 1.50. The molecule has 5 nitrogen and oxygen atoms in total. The molecule has 3 aromatic rings. The molecule has 0 aliphatic carbocycles. The number of fused-ring (bicyclic) bond motifs is 1. The minimum absolute atomic E-state index is 0.0975. The van der Waals surface area contributed by atoms with Gasteiger partial charge >= 0.3 is 0 Å². The zero-order valence-electron chi connectivity index (χ0n) is 12.7. The second-order valence-corrected chi connectivity index (χ2v) is 6.00. The zero-order valence-corrected chi connectivity index (χ0v) is 13.5. The summed E-state index contributed by atoms with van der Waals surface area (Å²) in [5.41, 5.74) is 1.73. The quantitative estimate of drug-likeness (QED) is 0.677. The number of benzene rings is 2. The molecule has 0 saturated carbocycles. The van der Waals surface area contributed by atoms with Gasteiger partial charge in [0.1, 0.15) is 12.4 Å². The molecular formula is C17H17N3O2S. The van der Waals surface area contributed by atoms with Gasteiger partial charge in [0, 0.05) is 18.7 Å². The molecule has 0 aliphatic heterocycles. The van der Waals surface area contributed by atoms with Crippen molar-refractivity contribution in [3.63, 3.8) is 0 Å². The van der Waals surface area contributed by atoms with Gasteiger partial charge in [-0.25, -0.2) is 4.98 Å². The number of para-hydroxylation sites is 1. The van der Waals surface area contributed by atoms with Gasteiger partial charge in [0.15, 0.2) is 5.13 Å². The van der Waals surface area contributed by atoms with E-state index in [1.165, 1.54) is 11.6 Å². The molecule has 0 atom stereocenters. The number of hydrogen-bond acceptors (Lipinski definition) is 5. The summed E-state index contributed by atoms with van der Waals surface area (Å²) in [7, 11) is 0. The van der Waals surface area contributed by atoms with Gasteiger partial charge in [-0.05, 0) is 24.3 Å². The Morgan fingerprint density at radius 2 is 2.09 bits per heavy atom. The van der Waals surface area contributed by atoms with Crippen LogP contribution in [0.2, 0.25) is 0 Å². The van der Waals surface area contributed by atoms with Gasteiger partial charge in [-0.1, -0.05) is 29.5 Å². The highest BCUT2D eigenvalue weighted by Crippen LogP contribution is 2.25. The van der Waals surface area contributed by atoms with Crippen LogP contribution in [0.25, 0.3) is 10.2 Å². The van der Waals surface area contributed by atoms with Crippen molar-refractivity contribution in [1.29, 1.82) is 0 Å². The number of aromatic nitrogens is 1. The molecule has 3 rings (SSSR count). The van der Waals surface area contributed by atoms with Crippen molar-refractivity contribution in [2.24, 2.45) is 0 Å². The van der Waals surface area contributed by atoms with Crippen LogP contribution in [0.1, 0.15) is 6.92 Å². The molecule has 0 saturated heterocycles. The third kappa shape index (κ3) is 4.20. The molecule has 0 unspecified atom stereocenters. The van der Waals surface area contributed by atoms with Crippen molar-refractivity contribution in [2.75, 3.05) is 23.8 Å². The number of thiazole rings is 1. The van der Waals surface area contributed by atoms with Crippen LogP contribution in [0.15, 0.2) is 48.5 Å². The Labute approximate surface area is 138 Å². The smallest absolute Gasteiger partial charge is 0.221 e. The van der Waals surface area contributed by atoms with Crippen molar-refractivity contribution >= 4 is 38.3 Å². The van der Waals surface area contributed by atoms with Gasteiger partial charge < -0.3 is 15.4 Å². The summed E-state index contributed by atoms with van der Waals surface area (Å²) in [6.07, 6.45) is 0. The van der Waals surface area contributed by atoms with E-state index in [1.54, 1.807) is 17.4 Å². The average molecular weight is 327 g/mol. The molecule has 0 bridgehead atoms. The van der Waals surface area contributed by atoms with Crippen LogP contribution in [0, 0.1) is 0 Å². The van der Waals surface area contributed by atoms with E-state index in [4.69, 9.17) is 4.74 Å². The third-order valence-electron chi connectivity index (χ3n) is 3.10. The summed E-state index contributed by atoms with van der Waals surface area (Å²) in [4.78, 5) is 15.6. The van der Waals surface area contributed by atoms with Crippen molar-refractivity contribution in [3.8, 4) is 5.75 Å². The van der Waals surface area contributed by atoms with Crippen LogP contribution >= 0.6 is 11.3 Å². The van der Waals surface area contributed by atoms with Crippen LogP contribution in [-0.4, -0.2) is 24.0 Å². The van der Waals surface area contributed by atoms with E-state index in [-0.39, 0.29) is 5.91 Å². The lowest BCUT2D eigenvalue weighted by atomic mass is 10.3. The number of carbonyl (C=O) groups is 1. The highest BCUT2D eigenvalue weighted by atomic mass is 32.1. The number of anilines is 2. The Morgan fingerprint density at radius 3 is 2.91 bits per heavy atom. The molecule has 0 fully saturated rings. The number of carbonyl (C=O) groups excluding carboxylic acids is 1. The summed E-state index contributed by atoms with van der Waals surface area (Å²) in [5.74, 6) is 0.627. The summed E-state index contributed by atoms with van der Waals surface area (Å²) < 4.78 is 6.85. The van der Waals surface area contributed by atoms with E-state index in [0.29, 0.717) is 13.2 Å². The Kier molecular flexibility index (Phi) is 4.73. The maximum atomic E-state index is 11.0. The first-order valence-corrected chi connectivity index (χ1v) is 8.12. The van der Waals surface area contributed by atoms with Crippen LogP contribution in [-0.2, 0) is 4.79 Å². The van der Waals surface area contributed by atoms with Gasteiger partial charge in [-0.15, -0.1) is 0 Å². The molecule has 0 spiro atoms. The van der Waals surface area contributed by atoms with E-state index < -0.39 is 0 Å². The minimum Gasteiger partial charge on any atom is -0.492 e. The van der Waals surface area contributed by atoms with Crippen LogP contribution < -0.4 is 15.4 Å². The summed E-state index contributed by atoms with van der Waals surface area (Å²) in [6, 6.07) is 15.4. The Morgan fingerprint density at radius 1 is 1.22 bits per heavy atom. The topological polar surface area (TPSA) is 63.2 Å². The molecule has 1 aromatic heterocycles. The van der Waals surface area contributed by atoms with Crippen molar-refractivity contribution in [3.05, 3.63) is 48.5 Å². The van der Waals surface area contributed by atoms with E-state index in [1.807, 2.05) is 36.4 Å². The van der Waals surface area contributed by atoms with Crippen LogP contribution in [0.3, 0.4) is 0 Å². The van der Waals surface area contributed by atoms with E-state index >= 15 is 0 Å². The van der Waals surface area contributed by atoms with Gasteiger partial charge in [-0.3, -0.25) is 4.79 Å². The molecule has 0 aliphatic rings. The monoisotopic (exact) mass is 327 g/mol. The fraction of sp³-hybridized carbons (Fsp3) is 0.176. The van der Waals surface area contributed by atoms with Crippen LogP contribution in [0.4, 0.5) is 10.8 Å². The molecule has 2 aromatic carbocycles. The number of hydrogen-bond donors (Lipinski definition) is 2. The molecule has 23 heavy (non-hydrogen) atoms. The first-order valence-electron chi connectivity index (χ1n) is 7.30. The highest BCUT2D eigenvalue weighted by molar-refractivity contribution is 7.22. The van der Waals surface area contributed by atoms with Gasteiger partial charge in [0.25, 0.3) is 0 Å². The number of amides is 1. The predicted octanol–water partition coefficient (Wildman–Crippen LogP) is 3.75. The molecule has 2 N–H and O–H groups in total. The largest absolute Gasteiger partial charge is 0.492 e. The van der Waals surface area contributed by atoms with E-state index in [9.17, 15) is 4.79 Å². The number of nitrogens with zero attached hydrogens (tertiary/aromatic N) is 1. The standard InChI is InChI=1S/C17H17N3O2S/c1-12(21)19-13-5-4-6-14(11-13)22-10-9-18-17-20-15-7-2-3-8-16(15)23-17/h2-8,11H,9-10H2,1H3,(H,18,20)(H,19,21). The van der Waals surface area contributed by atoms with Gasteiger partial charge in [-0.2, -0.15) is 0 Å². The normalized spacial score (nSPS) is 10.5. The maximum absolute atomic E-state index is 11.0. The summed E-state index contributed by atoms with van der Waals surface area (Å²) in [5, 5.41) is 6.89. The van der Waals surface area contributed by atoms with Gasteiger partial charge in [0.2, 0.25) is 5.91 Å². The number of nitrogens with one attached hydrogen (secondary N) is 2. The second kappa shape index (κ2) is 7.11. The molecule has 1 heterocycles. The van der Waals surface area contributed by atoms with E-state index in [0.717, 1.165) is 22.1 Å². The molecule has 0 radical (unpaired) electrons. The molecule has 1 amide bonds. The minimum atomic E-state index is -0.0975. The SMILES string of the molecule is CC(=O)Nc1cccc(OCCNc2nc3ccccc3s2)c1. The number of rotatable bonds is 6. The van der Waals surface area contributed by atoms with Crippen molar-refractivity contribution in [1.82, 2.24) is 4.98 Å². The lowest BCUT2D eigenvalue weighted by Crippen LogP contribution is -2.11. The summed E-state index contributed by atoms with van der Waals surface area (Å²) in [6.45, 7) is 2.65. The maximum Gasteiger partial charge on any atom is 0.221 e. The average Bonchev–Trinajstić information content (AvgIpc) is 2.94. The lowest BCUT2D eigenvalue weighted by Gasteiger charge is -2.08. The molecular weight excluding hydrogens is 310 g/mol. The highest BCUT2D eigenvalue weighted by Gasteiger charge is 2.02. The fourth-order valence-electron chi connectivity index (χ4n) is 2.14. The number of ether oxygens (including phenoxy) is 1.